The van der Waals surface area contributed by atoms with Crippen LogP contribution in [0, 0.1) is 11.3 Å². The Kier molecular flexibility index (Phi) is 4.36. The maximum Gasteiger partial charge on any atom is 0.305 e. The quantitative estimate of drug-likeness (QED) is 0.704. The number of nitriles is 1. The van der Waals surface area contributed by atoms with Crippen LogP contribution in [0.25, 0.3) is 0 Å². The first-order valence-corrected chi connectivity index (χ1v) is 4.82. The molecule has 0 aromatic heterocycles. The number of benzene rings is 1. The van der Waals surface area contributed by atoms with Crippen LogP contribution in [-0.2, 0) is 16.0 Å². The molecule has 15 heavy (non-hydrogen) atoms. The van der Waals surface area contributed by atoms with Gasteiger partial charge in [-0.2, -0.15) is 5.26 Å². The smallest absolute Gasteiger partial charge is 0.305 e. The van der Waals surface area contributed by atoms with E-state index in [9.17, 15) is 4.79 Å². The van der Waals surface area contributed by atoms with E-state index in [1.54, 1.807) is 12.1 Å². The molecule has 1 rings (SSSR count). The first-order valence-electron chi connectivity index (χ1n) is 4.82. The lowest BCUT2D eigenvalue weighted by atomic mass is 10.1. The lowest BCUT2D eigenvalue weighted by molar-refractivity contribution is -0.140. The standard InChI is InChI=1S/C12H13NO2/c1-15-12(14)4-2-3-10-5-7-11(9-13)8-6-10/h5-8H,2-4H2,1H3. The van der Waals surface area contributed by atoms with E-state index in [-0.39, 0.29) is 5.97 Å². The minimum absolute atomic E-state index is 0.177. The molecule has 0 saturated heterocycles. The molecule has 1 aromatic carbocycles. The second-order valence-corrected chi connectivity index (χ2v) is 3.24. The van der Waals surface area contributed by atoms with E-state index < -0.39 is 0 Å². The number of carbonyl (C=O) groups excluding carboxylic acids is 1. The van der Waals surface area contributed by atoms with Crippen LogP contribution in [-0.4, -0.2) is 13.1 Å². The molecule has 0 amide bonds. The van der Waals surface area contributed by atoms with Crippen LogP contribution in [0.15, 0.2) is 24.3 Å². The van der Waals surface area contributed by atoms with Crippen molar-refractivity contribution < 1.29 is 9.53 Å². The zero-order valence-electron chi connectivity index (χ0n) is 8.69. The van der Waals surface area contributed by atoms with Crippen molar-refractivity contribution >= 4 is 5.97 Å². The van der Waals surface area contributed by atoms with E-state index in [2.05, 4.69) is 10.8 Å². The summed E-state index contributed by atoms with van der Waals surface area (Å²) in [6.07, 6.45) is 2.05. The highest BCUT2D eigenvalue weighted by Crippen LogP contribution is 2.07. The van der Waals surface area contributed by atoms with Gasteiger partial charge in [-0.05, 0) is 30.5 Å². The highest BCUT2D eigenvalue weighted by atomic mass is 16.5. The number of hydrogen-bond donors (Lipinski definition) is 0. The summed E-state index contributed by atoms with van der Waals surface area (Å²) >= 11 is 0. The summed E-state index contributed by atoms with van der Waals surface area (Å²) in [6, 6.07) is 9.46. The van der Waals surface area contributed by atoms with E-state index >= 15 is 0 Å². The number of ether oxygens (including phenoxy) is 1. The molecular formula is C12H13NO2. The van der Waals surface area contributed by atoms with Crippen LogP contribution in [0.5, 0.6) is 0 Å². The number of methoxy groups -OCH3 is 1. The summed E-state index contributed by atoms with van der Waals surface area (Å²) in [5.41, 5.74) is 1.80. The zero-order valence-corrected chi connectivity index (χ0v) is 8.69. The van der Waals surface area contributed by atoms with Gasteiger partial charge in [0.05, 0.1) is 18.7 Å². The zero-order chi connectivity index (χ0) is 11.1. The predicted octanol–water partition coefficient (Wildman–Crippen LogP) is 2.05. The van der Waals surface area contributed by atoms with Crippen LogP contribution in [0.1, 0.15) is 24.0 Å². The van der Waals surface area contributed by atoms with Crippen LogP contribution in [0.2, 0.25) is 0 Å². The summed E-state index contributed by atoms with van der Waals surface area (Å²) in [6.45, 7) is 0. The maximum absolute atomic E-state index is 10.8. The van der Waals surface area contributed by atoms with Crippen molar-refractivity contribution in [3.63, 3.8) is 0 Å². The van der Waals surface area contributed by atoms with E-state index in [1.165, 1.54) is 7.11 Å². The Morgan fingerprint density at radius 3 is 2.60 bits per heavy atom. The SMILES string of the molecule is COC(=O)CCCc1ccc(C#N)cc1. The van der Waals surface area contributed by atoms with Crippen molar-refractivity contribution in [2.75, 3.05) is 7.11 Å². The number of aryl methyl sites for hydroxylation is 1. The Balaban J connectivity index is 2.38. The fourth-order valence-electron chi connectivity index (χ4n) is 1.28. The molecule has 0 aliphatic rings. The van der Waals surface area contributed by atoms with Crippen molar-refractivity contribution in [3.8, 4) is 6.07 Å². The molecule has 0 radical (unpaired) electrons. The molecule has 0 aliphatic carbocycles. The fraction of sp³-hybridized carbons (Fsp3) is 0.333. The molecule has 0 saturated carbocycles. The summed E-state index contributed by atoms with van der Waals surface area (Å²) in [7, 11) is 1.39. The third-order valence-corrected chi connectivity index (χ3v) is 2.16. The number of hydrogen-bond acceptors (Lipinski definition) is 3. The van der Waals surface area contributed by atoms with Gasteiger partial charge in [0.2, 0.25) is 0 Å². The van der Waals surface area contributed by atoms with Crippen LogP contribution in [0.4, 0.5) is 0 Å². The van der Waals surface area contributed by atoms with E-state index in [1.807, 2.05) is 12.1 Å². The Morgan fingerprint density at radius 2 is 2.07 bits per heavy atom. The minimum Gasteiger partial charge on any atom is -0.469 e. The van der Waals surface area contributed by atoms with Crippen molar-refractivity contribution in [1.29, 1.82) is 5.26 Å². The summed E-state index contributed by atoms with van der Waals surface area (Å²) in [4.78, 5) is 10.8. The second-order valence-electron chi connectivity index (χ2n) is 3.24. The Bertz CT molecular complexity index is 362. The second kappa shape index (κ2) is 5.82. The van der Waals surface area contributed by atoms with E-state index in [0.717, 1.165) is 18.4 Å². The topological polar surface area (TPSA) is 50.1 Å². The molecule has 78 valence electrons. The van der Waals surface area contributed by atoms with Gasteiger partial charge in [-0.1, -0.05) is 12.1 Å². The minimum atomic E-state index is -0.177. The average molecular weight is 203 g/mol. The van der Waals surface area contributed by atoms with Gasteiger partial charge >= 0.3 is 5.97 Å². The Morgan fingerprint density at radius 1 is 1.40 bits per heavy atom. The van der Waals surface area contributed by atoms with Crippen LogP contribution in [0.3, 0.4) is 0 Å². The van der Waals surface area contributed by atoms with Gasteiger partial charge in [-0.3, -0.25) is 4.79 Å². The fourth-order valence-corrected chi connectivity index (χ4v) is 1.28. The Hall–Kier alpha value is -1.82. The van der Waals surface area contributed by atoms with Gasteiger partial charge in [0.25, 0.3) is 0 Å². The van der Waals surface area contributed by atoms with Gasteiger partial charge in [0.15, 0.2) is 0 Å². The summed E-state index contributed by atoms with van der Waals surface area (Å²) < 4.78 is 4.54. The van der Waals surface area contributed by atoms with Crippen LogP contribution < -0.4 is 0 Å². The molecule has 0 heterocycles. The lowest BCUT2D eigenvalue weighted by Gasteiger charge is -2.00. The summed E-state index contributed by atoms with van der Waals surface area (Å²) in [5, 5.41) is 8.60. The van der Waals surface area contributed by atoms with Gasteiger partial charge in [-0.25, -0.2) is 0 Å². The first kappa shape index (κ1) is 11.3. The molecule has 0 aliphatic heterocycles. The highest BCUT2D eigenvalue weighted by Gasteiger charge is 2.00. The molecular weight excluding hydrogens is 190 g/mol. The van der Waals surface area contributed by atoms with Crippen molar-refractivity contribution in [3.05, 3.63) is 35.4 Å². The molecule has 0 bridgehead atoms. The number of esters is 1. The Labute approximate surface area is 89.3 Å². The van der Waals surface area contributed by atoms with Gasteiger partial charge < -0.3 is 4.74 Å². The molecule has 3 nitrogen and oxygen atoms in total. The van der Waals surface area contributed by atoms with Crippen LogP contribution >= 0.6 is 0 Å². The van der Waals surface area contributed by atoms with Gasteiger partial charge in [0.1, 0.15) is 0 Å². The molecule has 0 fully saturated rings. The van der Waals surface area contributed by atoms with E-state index in [4.69, 9.17) is 5.26 Å². The summed E-state index contributed by atoms with van der Waals surface area (Å²) in [5.74, 6) is -0.177. The molecule has 3 heteroatoms. The molecule has 0 atom stereocenters. The number of rotatable bonds is 4. The monoisotopic (exact) mass is 203 g/mol. The largest absolute Gasteiger partial charge is 0.469 e. The first-order chi connectivity index (χ1) is 7.26. The number of nitrogens with zero attached hydrogens (tertiary/aromatic N) is 1. The number of carbonyl (C=O) groups is 1. The molecule has 1 aromatic rings. The molecule has 0 N–H and O–H groups in total. The van der Waals surface area contributed by atoms with E-state index in [0.29, 0.717) is 12.0 Å². The third kappa shape index (κ3) is 3.82. The van der Waals surface area contributed by atoms with Crippen molar-refractivity contribution in [2.45, 2.75) is 19.3 Å². The molecule has 0 spiro atoms. The van der Waals surface area contributed by atoms with Crippen molar-refractivity contribution in [2.24, 2.45) is 0 Å². The third-order valence-electron chi connectivity index (χ3n) is 2.16. The maximum atomic E-state index is 10.8. The molecule has 0 unspecified atom stereocenters. The predicted molar refractivity (Wildman–Crippen MR) is 56.1 cm³/mol. The van der Waals surface area contributed by atoms with Crippen molar-refractivity contribution in [1.82, 2.24) is 0 Å². The van der Waals surface area contributed by atoms with Gasteiger partial charge in [-0.15, -0.1) is 0 Å². The lowest BCUT2D eigenvalue weighted by Crippen LogP contribution is -2.00. The highest BCUT2D eigenvalue weighted by molar-refractivity contribution is 5.69. The van der Waals surface area contributed by atoms with Gasteiger partial charge in [0, 0.05) is 6.42 Å². The average Bonchev–Trinajstić information content (AvgIpc) is 2.29. The normalized spacial score (nSPS) is 9.33.